The quantitative estimate of drug-likeness (QED) is 0.120. The lowest BCUT2D eigenvalue weighted by Crippen LogP contribution is -2.52. The van der Waals surface area contributed by atoms with Crippen LogP contribution in [0.5, 0.6) is 0 Å². The topological polar surface area (TPSA) is 30.8 Å². The number of fused-ring (bicyclic) bond motifs is 5. The molecule has 9 heteroatoms. The normalized spacial score (nSPS) is 35.9. The third-order valence-corrected chi connectivity index (χ3v) is 11.1. The van der Waals surface area contributed by atoms with Crippen molar-refractivity contribution in [3.63, 3.8) is 0 Å². The first-order valence-electron chi connectivity index (χ1n) is 13.8. The van der Waals surface area contributed by atoms with Gasteiger partial charge < -0.3 is 9.26 Å². The van der Waals surface area contributed by atoms with Crippen molar-refractivity contribution in [2.45, 2.75) is 97.6 Å². The molecule has 0 amide bonds. The molecule has 3 nitrogen and oxygen atoms in total. The molecule has 0 radical (unpaired) electrons. The Bertz CT molecular complexity index is 1150. The Balaban J connectivity index is 1.30. The number of hydrogen-bond donors (Lipinski definition) is 0. The van der Waals surface area contributed by atoms with E-state index in [1.807, 2.05) is 6.08 Å². The summed E-state index contributed by atoms with van der Waals surface area (Å²) in [5.41, 5.74) is 1.28. The zero-order chi connectivity index (χ0) is 27.6. The van der Waals surface area contributed by atoms with E-state index in [1.54, 1.807) is 0 Å². The van der Waals surface area contributed by atoms with Crippen molar-refractivity contribution in [1.29, 1.82) is 0 Å². The SMILES string of the molecule is C[C@]12CC/C(=N\OCc3c(F)c(F)c(F)c(F)c3F)C=C1CC[C@@H]1[C@@H]2CC[C@]2(C)C(O[Si](C)(C)C)CC[C@@H]12. The van der Waals surface area contributed by atoms with Crippen LogP contribution in [0, 0.1) is 57.7 Å². The number of oxime groups is 1. The number of rotatable bonds is 5. The molecular weight excluding hydrogens is 517 g/mol. The van der Waals surface area contributed by atoms with Crippen molar-refractivity contribution in [3.05, 3.63) is 46.3 Å². The summed E-state index contributed by atoms with van der Waals surface area (Å²) < 4.78 is 74.9. The Morgan fingerprint density at radius 1 is 0.842 bits per heavy atom. The first-order valence-corrected chi connectivity index (χ1v) is 17.2. The summed E-state index contributed by atoms with van der Waals surface area (Å²) in [4.78, 5) is 5.11. The van der Waals surface area contributed by atoms with Crippen molar-refractivity contribution in [2.75, 3.05) is 0 Å². The summed E-state index contributed by atoms with van der Waals surface area (Å²) in [6.45, 7) is 10.8. The number of hydrogen-bond acceptors (Lipinski definition) is 3. The summed E-state index contributed by atoms with van der Waals surface area (Å²) in [7, 11) is -1.62. The molecule has 1 aromatic rings. The van der Waals surface area contributed by atoms with Crippen LogP contribution in [-0.2, 0) is 15.9 Å². The fourth-order valence-corrected chi connectivity index (χ4v) is 9.41. The van der Waals surface area contributed by atoms with Crippen LogP contribution >= 0.6 is 0 Å². The van der Waals surface area contributed by atoms with Gasteiger partial charge in [-0.3, -0.25) is 0 Å². The summed E-state index contributed by atoms with van der Waals surface area (Å²) in [6.07, 6.45) is 10.8. The Hall–Kier alpha value is -1.74. The van der Waals surface area contributed by atoms with E-state index in [4.69, 9.17) is 9.26 Å². The summed E-state index contributed by atoms with van der Waals surface area (Å²) in [5, 5.41) is 4.03. The molecule has 0 spiro atoms. The van der Waals surface area contributed by atoms with Gasteiger partial charge in [0, 0.05) is 0 Å². The third kappa shape index (κ3) is 4.55. The van der Waals surface area contributed by atoms with E-state index in [9.17, 15) is 22.0 Å². The highest BCUT2D eigenvalue weighted by Gasteiger charge is 2.59. The molecule has 4 aliphatic rings. The molecule has 6 atom stereocenters. The van der Waals surface area contributed by atoms with Crippen LogP contribution in [-0.4, -0.2) is 20.1 Å². The van der Waals surface area contributed by atoms with Gasteiger partial charge in [0.1, 0.15) is 6.61 Å². The predicted octanol–water partition coefficient (Wildman–Crippen LogP) is 8.44. The molecule has 1 aromatic carbocycles. The molecule has 210 valence electrons. The first-order chi connectivity index (χ1) is 17.8. The van der Waals surface area contributed by atoms with Crippen LogP contribution < -0.4 is 0 Å². The van der Waals surface area contributed by atoms with Crippen molar-refractivity contribution in [3.8, 4) is 0 Å². The Morgan fingerprint density at radius 3 is 2.16 bits per heavy atom. The van der Waals surface area contributed by atoms with E-state index in [2.05, 4.69) is 38.6 Å². The van der Waals surface area contributed by atoms with Gasteiger partial charge in [-0.2, -0.15) is 0 Å². The van der Waals surface area contributed by atoms with Crippen LogP contribution in [0.2, 0.25) is 19.6 Å². The zero-order valence-corrected chi connectivity index (χ0v) is 23.9. The fraction of sp³-hybridized carbons (Fsp3) is 0.690. The van der Waals surface area contributed by atoms with Crippen LogP contribution in [0.3, 0.4) is 0 Å². The Kier molecular flexibility index (Phi) is 7.11. The van der Waals surface area contributed by atoms with Crippen LogP contribution in [0.4, 0.5) is 22.0 Å². The molecule has 3 saturated carbocycles. The Labute approximate surface area is 223 Å². The monoisotopic (exact) mass is 555 g/mol. The molecule has 0 heterocycles. The van der Waals surface area contributed by atoms with Gasteiger partial charge in [0.05, 0.1) is 17.4 Å². The smallest absolute Gasteiger partial charge is 0.200 e. The fourth-order valence-electron chi connectivity index (χ4n) is 8.17. The van der Waals surface area contributed by atoms with Gasteiger partial charge in [-0.05, 0) is 106 Å². The van der Waals surface area contributed by atoms with Crippen molar-refractivity contribution >= 4 is 14.0 Å². The molecule has 0 bridgehead atoms. The molecule has 5 rings (SSSR count). The molecule has 3 fully saturated rings. The standard InChI is InChI=1S/C29H38F5NO2Si/c1-28-12-10-17(35-36-15-19-23(30)25(32)27(34)26(33)24(19)31)14-16(28)6-7-18-20-8-9-22(37-38(3,4)5)29(20,2)13-11-21(18)28/h14,18,20-22H,6-13,15H2,1-5H3/b35-17+/t18-,20-,21-,22?,28-,29-/m0/s1. The van der Waals surface area contributed by atoms with Gasteiger partial charge in [-0.25, -0.2) is 22.0 Å². The minimum absolute atomic E-state index is 0.0718. The minimum Gasteiger partial charge on any atom is -0.414 e. The molecule has 0 aliphatic heterocycles. The van der Waals surface area contributed by atoms with Gasteiger partial charge in [0.25, 0.3) is 0 Å². The zero-order valence-electron chi connectivity index (χ0n) is 22.9. The highest BCUT2D eigenvalue weighted by molar-refractivity contribution is 6.69. The van der Waals surface area contributed by atoms with E-state index in [-0.39, 0.29) is 10.8 Å². The van der Waals surface area contributed by atoms with E-state index in [0.717, 1.165) is 25.7 Å². The largest absolute Gasteiger partial charge is 0.414 e. The van der Waals surface area contributed by atoms with Gasteiger partial charge in [-0.1, -0.05) is 24.6 Å². The molecular formula is C29H38F5NO2Si. The van der Waals surface area contributed by atoms with E-state index in [0.29, 0.717) is 36.0 Å². The number of allylic oxidation sites excluding steroid dienone is 2. The van der Waals surface area contributed by atoms with Crippen molar-refractivity contribution in [1.82, 2.24) is 0 Å². The maximum absolute atomic E-state index is 14.0. The van der Waals surface area contributed by atoms with E-state index >= 15 is 0 Å². The third-order valence-electron chi connectivity index (χ3n) is 10.1. The lowest BCUT2D eigenvalue weighted by atomic mass is 9.47. The summed E-state index contributed by atoms with van der Waals surface area (Å²) in [6, 6.07) is 0. The van der Waals surface area contributed by atoms with Crippen LogP contribution in [0.1, 0.15) is 70.8 Å². The number of benzene rings is 1. The molecule has 0 N–H and O–H groups in total. The highest BCUT2D eigenvalue weighted by Crippen LogP contribution is 2.65. The average molecular weight is 556 g/mol. The summed E-state index contributed by atoms with van der Waals surface area (Å²) in [5.74, 6) is -7.95. The first kappa shape index (κ1) is 27.8. The predicted molar refractivity (Wildman–Crippen MR) is 138 cm³/mol. The molecule has 38 heavy (non-hydrogen) atoms. The molecule has 4 aliphatic carbocycles. The minimum atomic E-state index is -2.18. The Morgan fingerprint density at radius 2 is 1.50 bits per heavy atom. The highest BCUT2D eigenvalue weighted by atomic mass is 28.4. The van der Waals surface area contributed by atoms with Crippen LogP contribution in [0.15, 0.2) is 16.8 Å². The number of nitrogens with zero attached hydrogens (tertiary/aromatic N) is 1. The van der Waals surface area contributed by atoms with Gasteiger partial charge in [-0.15, -0.1) is 0 Å². The van der Waals surface area contributed by atoms with Gasteiger partial charge >= 0.3 is 0 Å². The second-order valence-electron chi connectivity index (χ2n) is 13.2. The molecule has 0 saturated heterocycles. The lowest BCUT2D eigenvalue weighted by Gasteiger charge is -2.58. The molecule has 0 aromatic heterocycles. The maximum Gasteiger partial charge on any atom is 0.200 e. The molecule has 1 unspecified atom stereocenters. The van der Waals surface area contributed by atoms with Gasteiger partial charge in [0.2, 0.25) is 5.82 Å². The maximum atomic E-state index is 14.0. The van der Waals surface area contributed by atoms with E-state index < -0.39 is 49.6 Å². The average Bonchev–Trinajstić information content (AvgIpc) is 3.18. The second-order valence-corrected chi connectivity index (χ2v) is 17.7. The van der Waals surface area contributed by atoms with E-state index in [1.165, 1.54) is 24.8 Å². The number of halogens is 5. The van der Waals surface area contributed by atoms with Crippen molar-refractivity contribution in [2.24, 2.45) is 33.7 Å². The second kappa shape index (κ2) is 9.72. The lowest BCUT2D eigenvalue weighted by molar-refractivity contribution is -0.0676. The van der Waals surface area contributed by atoms with Crippen LogP contribution in [0.25, 0.3) is 0 Å². The van der Waals surface area contributed by atoms with Gasteiger partial charge in [0.15, 0.2) is 31.6 Å². The summed E-state index contributed by atoms with van der Waals surface area (Å²) >= 11 is 0. The van der Waals surface area contributed by atoms with Crippen molar-refractivity contribution < 1.29 is 31.2 Å².